The van der Waals surface area contributed by atoms with Gasteiger partial charge in [-0.1, -0.05) is 33.1 Å². The van der Waals surface area contributed by atoms with Crippen molar-refractivity contribution in [2.24, 2.45) is 11.1 Å². The van der Waals surface area contributed by atoms with Crippen molar-refractivity contribution < 1.29 is 9.90 Å². The normalized spacial score (nSPS) is 21.4. The Balaban J connectivity index is 2.45. The molecule has 1 fully saturated rings. The van der Waals surface area contributed by atoms with Crippen LogP contribution in [0.25, 0.3) is 0 Å². The van der Waals surface area contributed by atoms with Crippen LogP contribution in [0, 0.1) is 5.41 Å². The molecule has 106 valence electrons. The van der Waals surface area contributed by atoms with E-state index in [1.165, 1.54) is 6.42 Å². The third-order valence-electron chi connectivity index (χ3n) is 3.77. The van der Waals surface area contributed by atoms with Crippen molar-refractivity contribution in [3.05, 3.63) is 0 Å². The highest BCUT2D eigenvalue weighted by Crippen LogP contribution is 2.27. The molecule has 18 heavy (non-hydrogen) atoms. The molecule has 1 aliphatic rings. The Kier molecular flexibility index (Phi) is 5.17. The number of rotatable bonds is 5. The van der Waals surface area contributed by atoms with Crippen LogP contribution in [0.3, 0.4) is 0 Å². The first-order valence-electron chi connectivity index (χ1n) is 7.00. The van der Waals surface area contributed by atoms with Gasteiger partial charge in [-0.25, -0.2) is 0 Å². The Morgan fingerprint density at radius 1 is 1.39 bits per heavy atom. The van der Waals surface area contributed by atoms with Gasteiger partial charge in [0.1, 0.15) is 0 Å². The molecule has 1 saturated carbocycles. The maximum atomic E-state index is 12.2. The fourth-order valence-corrected chi connectivity index (χ4v) is 2.78. The summed E-state index contributed by atoms with van der Waals surface area (Å²) >= 11 is 0. The topological polar surface area (TPSA) is 75.3 Å². The van der Waals surface area contributed by atoms with Crippen molar-refractivity contribution >= 4 is 5.91 Å². The average Bonchev–Trinajstić information content (AvgIpc) is 2.25. The molecule has 0 aromatic heterocycles. The lowest BCUT2D eigenvalue weighted by Gasteiger charge is -2.34. The van der Waals surface area contributed by atoms with Gasteiger partial charge in [-0.3, -0.25) is 4.79 Å². The Morgan fingerprint density at radius 2 is 1.94 bits per heavy atom. The van der Waals surface area contributed by atoms with Gasteiger partial charge in [0.2, 0.25) is 5.91 Å². The average molecular weight is 256 g/mol. The van der Waals surface area contributed by atoms with Crippen LogP contribution in [0.1, 0.15) is 59.3 Å². The molecule has 1 unspecified atom stereocenters. The number of nitrogens with two attached hydrogens (primary N) is 1. The number of carbonyl (C=O) groups is 1. The molecule has 0 saturated heterocycles. The molecule has 1 amide bonds. The van der Waals surface area contributed by atoms with E-state index in [0.29, 0.717) is 13.0 Å². The summed E-state index contributed by atoms with van der Waals surface area (Å²) in [6.45, 7) is 6.43. The Morgan fingerprint density at radius 3 is 2.44 bits per heavy atom. The zero-order chi connectivity index (χ0) is 13.8. The molecule has 0 heterocycles. The van der Waals surface area contributed by atoms with E-state index in [2.05, 4.69) is 5.32 Å². The molecular weight excluding hydrogens is 228 g/mol. The summed E-state index contributed by atoms with van der Waals surface area (Å²) in [7, 11) is 0. The highest BCUT2D eigenvalue weighted by Gasteiger charge is 2.35. The van der Waals surface area contributed by atoms with Crippen molar-refractivity contribution in [1.29, 1.82) is 0 Å². The van der Waals surface area contributed by atoms with Crippen LogP contribution in [0.2, 0.25) is 0 Å². The van der Waals surface area contributed by atoms with E-state index in [9.17, 15) is 9.90 Å². The number of aliphatic hydroxyl groups excluding tert-OH is 1. The number of nitrogens with one attached hydrogen (secondary N) is 1. The third kappa shape index (κ3) is 4.58. The van der Waals surface area contributed by atoms with Crippen LogP contribution >= 0.6 is 0 Å². The molecule has 0 bridgehead atoms. The number of aliphatic hydroxyl groups is 1. The zero-order valence-corrected chi connectivity index (χ0v) is 12.0. The maximum absolute atomic E-state index is 12.2. The number of carbonyl (C=O) groups excluding carboxylic acids is 1. The molecule has 4 nitrogen and oxygen atoms in total. The summed E-state index contributed by atoms with van der Waals surface area (Å²) in [5.74, 6) is -0.0270. The first-order chi connectivity index (χ1) is 8.25. The van der Waals surface area contributed by atoms with Gasteiger partial charge in [-0.2, -0.15) is 0 Å². The predicted molar refractivity (Wildman–Crippen MR) is 73.1 cm³/mol. The van der Waals surface area contributed by atoms with E-state index >= 15 is 0 Å². The quantitative estimate of drug-likeness (QED) is 0.699. The van der Waals surface area contributed by atoms with Crippen LogP contribution in [0.15, 0.2) is 0 Å². The zero-order valence-electron chi connectivity index (χ0n) is 12.0. The molecule has 0 spiro atoms. The molecule has 0 aliphatic heterocycles. The molecule has 4 N–H and O–H groups in total. The Labute approximate surface area is 110 Å². The highest BCUT2D eigenvalue weighted by atomic mass is 16.3. The summed E-state index contributed by atoms with van der Waals surface area (Å²) in [5, 5.41) is 12.4. The van der Waals surface area contributed by atoms with Crippen molar-refractivity contribution in [1.82, 2.24) is 5.32 Å². The van der Waals surface area contributed by atoms with Gasteiger partial charge < -0.3 is 16.2 Å². The Hall–Kier alpha value is -0.610. The van der Waals surface area contributed by atoms with E-state index in [1.54, 1.807) is 6.92 Å². The van der Waals surface area contributed by atoms with Crippen LogP contribution in [0.4, 0.5) is 0 Å². The summed E-state index contributed by atoms with van der Waals surface area (Å²) < 4.78 is 0. The lowest BCUT2D eigenvalue weighted by molar-refractivity contribution is -0.128. The van der Waals surface area contributed by atoms with Gasteiger partial charge >= 0.3 is 0 Å². The lowest BCUT2D eigenvalue weighted by Crippen LogP contribution is -2.56. The molecule has 4 heteroatoms. The van der Waals surface area contributed by atoms with Gasteiger partial charge in [-0.05, 0) is 31.6 Å². The van der Waals surface area contributed by atoms with Gasteiger partial charge in [0.25, 0.3) is 0 Å². The molecule has 0 aromatic carbocycles. The fraction of sp³-hybridized carbons (Fsp3) is 0.929. The molecule has 0 aromatic rings. The van der Waals surface area contributed by atoms with E-state index in [4.69, 9.17) is 5.73 Å². The minimum Gasteiger partial charge on any atom is -0.393 e. The first kappa shape index (κ1) is 15.4. The van der Waals surface area contributed by atoms with Crippen LogP contribution in [-0.2, 0) is 4.79 Å². The lowest BCUT2D eigenvalue weighted by atomic mass is 9.81. The minimum atomic E-state index is -0.667. The smallest absolute Gasteiger partial charge is 0.240 e. The maximum Gasteiger partial charge on any atom is 0.240 e. The summed E-state index contributed by atoms with van der Waals surface area (Å²) in [6.07, 6.45) is 5.16. The van der Waals surface area contributed by atoms with Crippen LogP contribution < -0.4 is 11.1 Å². The molecule has 0 radical (unpaired) electrons. The summed E-state index contributed by atoms with van der Waals surface area (Å²) in [5.41, 5.74) is 5.40. The van der Waals surface area contributed by atoms with E-state index in [1.807, 2.05) is 13.8 Å². The van der Waals surface area contributed by atoms with Gasteiger partial charge in [0.05, 0.1) is 11.6 Å². The number of amides is 1. The van der Waals surface area contributed by atoms with Crippen molar-refractivity contribution in [2.75, 3.05) is 6.54 Å². The van der Waals surface area contributed by atoms with E-state index in [-0.39, 0.29) is 17.4 Å². The standard InChI is InChI=1S/C14H28N2O2/c1-11(17)9-13(2,3)10-16-12(18)14(15)7-5-4-6-8-14/h11,17H,4-10,15H2,1-3H3,(H,16,18). The van der Waals surface area contributed by atoms with E-state index in [0.717, 1.165) is 25.7 Å². The second-order valence-electron chi connectivity index (χ2n) is 6.62. The second kappa shape index (κ2) is 6.02. The first-order valence-corrected chi connectivity index (χ1v) is 7.00. The van der Waals surface area contributed by atoms with Crippen molar-refractivity contribution in [3.8, 4) is 0 Å². The predicted octanol–water partition coefficient (Wildman–Crippen LogP) is 1.56. The molecule has 1 atom stereocenters. The van der Waals surface area contributed by atoms with Crippen LogP contribution in [-0.4, -0.2) is 29.2 Å². The second-order valence-corrected chi connectivity index (χ2v) is 6.62. The van der Waals surface area contributed by atoms with E-state index < -0.39 is 5.54 Å². The summed E-state index contributed by atoms with van der Waals surface area (Å²) in [6, 6.07) is 0. The summed E-state index contributed by atoms with van der Waals surface area (Å²) in [4.78, 5) is 12.2. The monoisotopic (exact) mass is 256 g/mol. The number of hydrogen-bond donors (Lipinski definition) is 3. The largest absolute Gasteiger partial charge is 0.393 e. The molecule has 1 rings (SSSR count). The number of hydrogen-bond acceptors (Lipinski definition) is 3. The third-order valence-corrected chi connectivity index (χ3v) is 3.77. The highest BCUT2D eigenvalue weighted by molar-refractivity contribution is 5.86. The van der Waals surface area contributed by atoms with Gasteiger partial charge in [-0.15, -0.1) is 0 Å². The fourth-order valence-electron chi connectivity index (χ4n) is 2.78. The Bertz CT molecular complexity index is 282. The van der Waals surface area contributed by atoms with Crippen molar-refractivity contribution in [3.63, 3.8) is 0 Å². The van der Waals surface area contributed by atoms with Gasteiger partial charge in [0.15, 0.2) is 0 Å². The molecular formula is C14H28N2O2. The SMILES string of the molecule is CC(O)CC(C)(C)CNC(=O)C1(N)CCCCC1. The van der Waals surface area contributed by atoms with Gasteiger partial charge in [0, 0.05) is 6.54 Å². The van der Waals surface area contributed by atoms with Crippen LogP contribution in [0.5, 0.6) is 0 Å². The molecule has 1 aliphatic carbocycles. The van der Waals surface area contributed by atoms with Crippen molar-refractivity contribution in [2.45, 2.75) is 70.9 Å². The minimum absolute atomic E-state index is 0.0270.